The third-order valence-electron chi connectivity index (χ3n) is 4.50. The molecule has 138 valence electrons. The highest BCUT2D eigenvalue weighted by Crippen LogP contribution is 2.20. The van der Waals surface area contributed by atoms with Crippen molar-refractivity contribution < 1.29 is 19.7 Å². The maximum atomic E-state index is 12.2. The predicted molar refractivity (Wildman–Crippen MR) is 97.7 cm³/mol. The summed E-state index contributed by atoms with van der Waals surface area (Å²) in [5.41, 5.74) is 0.847. The second-order valence-corrected chi connectivity index (χ2v) is 6.63. The number of nitrogens with one attached hydrogen (secondary N) is 1. The lowest BCUT2D eigenvalue weighted by atomic mass is 10.1. The molecule has 6 nitrogen and oxygen atoms in total. The number of aliphatic hydroxyl groups is 2. The van der Waals surface area contributed by atoms with Crippen LogP contribution in [0.5, 0.6) is 5.75 Å². The number of aliphatic hydroxyl groups excluding tert-OH is 1. The van der Waals surface area contributed by atoms with Crippen molar-refractivity contribution in [3.05, 3.63) is 65.7 Å². The molecule has 0 aromatic heterocycles. The Morgan fingerprint density at radius 1 is 1.15 bits per heavy atom. The first-order valence-corrected chi connectivity index (χ1v) is 8.70. The summed E-state index contributed by atoms with van der Waals surface area (Å²) in [6, 6.07) is 17.3. The number of amides is 2. The highest BCUT2D eigenvalue weighted by Gasteiger charge is 2.37. The van der Waals surface area contributed by atoms with E-state index in [2.05, 4.69) is 5.32 Å². The zero-order valence-corrected chi connectivity index (χ0v) is 14.6. The smallest absolute Gasteiger partial charge is 0.317 e. The van der Waals surface area contributed by atoms with E-state index in [9.17, 15) is 15.0 Å². The van der Waals surface area contributed by atoms with E-state index < -0.39 is 5.60 Å². The number of rotatable bonds is 6. The molecule has 1 heterocycles. The number of likely N-dealkylation sites (tertiary alicyclic amines) is 1. The number of ether oxygens (including phenoxy) is 1. The zero-order valence-electron chi connectivity index (χ0n) is 14.6. The molecule has 2 amide bonds. The first-order chi connectivity index (χ1) is 12.6. The SMILES string of the molecule is O=C(NCc1cccc(OCc2ccccc2)c1)N1CCC(O)(CO)C1. The van der Waals surface area contributed by atoms with Crippen molar-refractivity contribution in [3.63, 3.8) is 0 Å². The maximum absolute atomic E-state index is 12.2. The fraction of sp³-hybridized carbons (Fsp3) is 0.350. The fourth-order valence-electron chi connectivity index (χ4n) is 2.93. The fourth-order valence-corrected chi connectivity index (χ4v) is 2.93. The molecule has 1 saturated heterocycles. The van der Waals surface area contributed by atoms with Crippen LogP contribution >= 0.6 is 0 Å². The highest BCUT2D eigenvalue weighted by molar-refractivity contribution is 5.74. The molecule has 0 saturated carbocycles. The Hall–Kier alpha value is -2.57. The third-order valence-corrected chi connectivity index (χ3v) is 4.50. The van der Waals surface area contributed by atoms with Gasteiger partial charge in [-0.15, -0.1) is 0 Å². The van der Waals surface area contributed by atoms with Gasteiger partial charge in [0.25, 0.3) is 0 Å². The van der Waals surface area contributed by atoms with Crippen molar-refractivity contribution in [2.45, 2.75) is 25.2 Å². The first-order valence-electron chi connectivity index (χ1n) is 8.70. The first kappa shape index (κ1) is 18.2. The Kier molecular flexibility index (Phi) is 5.75. The van der Waals surface area contributed by atoms with Gasteiger partial charge >= 0.3 is 6.03 Å². The second kappa shape index (κ2) is 8.21. The lowest BCUT2D eigenvalue weighted by molar-refractivity contribution is -0.00280. The molecular weight excluding hydrogens is 332 g/mol. The molecule has 1 aliphatic rings. The van der Waals surface area contributed by atoms with Crippen molar-refractivity contribution in [2.24, 2.45) is 0 Å². The Labute approximate surface area is 153 Å². The van der Waals surface area contributed by atoms with E-state index in [0.29, 0.717) is 26.1 Å². The molecule has 1 unspecified atom stereocenters. The molecular formula is C20H24N2O4. The van der Waals surface area contributed by atoms with Crippen LogP contribution in [0.3, 0.4) is 0 Å². The van der Waals surface area contributed by atoms with E-state index in [1.807, 2.05) is 54.6 Å². The Morgan fingerprint density at radius 3 is 2.65 bits per heavy atom. The number of carbonyl (C=O) groups is 1. The second-order valence-electron chi connectivity index (χ2n) is 6.63. The summed E-state index contributed by atoms with van der Waals surface area (Å²) in [7, 11) is 0. The zero-order chi connectivity index (χ0) is 18.4. The van der Waals surface area contributed by atoms with Crippen molar-refractivity contribution >= 4 is 6.03 Å². The molecule has 0 bridgehead atoms. The molecule has 1 fully saturated rings. The molecule has 1 aliphatic heterocycles. The van der Waals surface area contributed by atoms with Gasteiger partial charge in [0.1, 0.15) is 18.0 Å². The van der Waals surface area contributed by atoms with Crippen molar-refractivity contribution in [1.29, 1.82) is 0 Å². The van der Waals surface area contributed by atoms with E-state index in [-0.39, 0.29) is 19.2 Å². The van der Waals surface area contributed by atoms with Crippen LogP contribution in [0.1, 0.15) is 17.5 Å². The summed E-state index contributed by atoms with van der Waals surface area (Å²) in [5.74, 6) is 0.747. The van der Waals surface area contributed by atoms with Gasteiger partial charge in [0.2, 0.25) is 0 Å². The van der Waals surface area contributed by atoms with Gasteiger partial charge in [-0.25, -0.2) is 4.79 Å². The van der Waals surface area contributed by atoms with Gasteiger partial charge in [-0.3, -0.25) is 0 Å². The van der Waals surface area contributed by atoms with Gasteiger partial charge in [-0.1, -0.05) is 42.5 Å². The molecule has 2 aromatic rings. The van der Waals surface area contributed by atoms with Gasteiger partial charge in [0.05, 0.1) is 13.2 Å². The normalized spacial score (nSPS) is 19.4. The van der Waals surface area contributed by atoms with Crippen LogP contribution in [0, 0.1) is 0 Å². The average molecular weight is 356 g/mol. The van der Waals surface area contributed by atoms with Crippen LogP contribution in [-0.2, 0) is 13.2 Å². The number of hydrogen-bond acceptors (Lipinski definition) is 4. The van der Waals surface area contributed by atoms with Crippen molar-refractivity contribution in [3.8, 4) is 5.75 Å². The van der Waals surface area contributed by atoms with Gasteiger partial charge in [0, 0.05) is 13.1 Å². The van der Waals surface area contributed by atoms with Crippen LogP contribution in [0.15, 0.2) is 54.6 Å². The van der Waals surface area contributed by atoms with Crippen molar-refractivity contribution in [2.75, 3.05) is 19.7 Å². The van der Waals surface area contributed by atoms with Gasteiger partial charge in [-0.2, -0.15) is 0 Å². The minimum Gasteiger partial charge on any atom is -0.489 e. The monoisotopic (exact) mass is 356 g/mol. The molecule has 0 radical (unpaired) electrons. The molecule has 2 aromatic carbocycles. The summed E-state index contributed by atoms with van der Waals surface area (Å²) >= 11 is 0. The number of carbonyl (C=O) groups excluding carboxylic acids is 1. The van der Waals surface area contributed by atoms with Crippen LogP contribution in [-0.4, -0.2) is 46.4 Å². The van der Waals surface area contributed by atoms with Crippen LogP contribution in [0.2, 0.25) is 0 Å². The minimum absolute atomic E-state index is 0.148. The molecule has 26 heavy (non-hydrogen) atoms. The summed E-state index contributed by atoms with van der Waals surface area (Å²) in [6.07, 6.45) is 0.389. The summed E-state index contributed by atoms with van der Waals surface area (Å²) < 4.78 is 5.80. The lowest BCUT2D eigenvalue weighted by Gasteiger charge is -2.21. The average Bonchev–Trinajstić information content (AvgIpc) is 3.09. The Bertz CT molecular complexity index is 738. The van der Waals surface area contributed by atoms with Crippen LogP contribution in [0.25, 0.3) is 0 Å². The number of nitrogens with zero attached hydrogens (tertiary/aromatic N) is 1. The molecule has 0 spiro atoms. The van der Waals surface area contributed by atoms with E-state index >= 15 is 0 Å². The lowest BCUT2D eigenvalue weighted by Crippen LogP contribution is -2.42. The number of urea groups is 1. The number of β-amino-alcohol motifs (C(OH)–C–C–N with tert-alkyl or cyclic N) is 1. The third kappa shape index (κ3) is 4.74. The van der Waals surface area contributed by atoms with Crippen LogP contribution < -0.4 is 10.1 Å². The van der Waals surface area contributed by atoms with Gasteiger partial charge in [-0.05, 0) is 29.7 Å². The van der Waals surface area contributed by atoms with Crippen molar-refractivity contribution in [1.82, 2.24) is 10.2 Å². The Balaban J connectivity index is 1.50. The number of benzene rings is 2. The summed E-state index contributed by atoms with van der Waals surface area (Å²) in [5, 5.41) is 22.0. The predicted octanol–water partition coefficient (Wildman–Crippen LogP) is 1.90. The molecule has 3 rings (SSSR count). The van der Waals surface area contributed by atoms with Crippen LogP contribution in [0.4, 0.5) is 4.79 Å². The highest BCUT2D eigenvalue weighted by atomic mass is 16.5. The molecule has 6 heteroatoms. The van der Waals surface area contributed by atoms with E-state index in [1.165, 1.54) is 4.90 Å². The maximum Gasteiger partial charge on any atom is 0.317 e. The molecule has 1 atom stereocenters. The Morgan fingerprint density at radius 2 is 1.92 bits per heavy atom. The van der Waals surface area contributed by atoms with Gasteiger partial charge in [0.15, 0.2) is 0 Å². The summed E-state index contributed by atoms with van der Waals surface area (Å²) in [4.78, 5) is 13.7. The van der Waals surface area contributed by atoms with E-state index in [4.69, 9.17) is 4.74 Å². The standard InChI is InChI=1S/C20H24N2O4/c23-15-20(25)9-10-22(14-20)19(24)21-12-17-7-4-8-18(11-17)26-13-16-5-2-1-3-6-16/h1-8,11,23,25H,9-10,12-15H2,(H,21,24). The molecule has 3 N–H and O–H groups in total. The minimum atomic E-state index is -1.18. The van der Waals surface area contributed by atoms with E-state index in [0.717, 1.165) is 16.9 Å². The topological polar surface area (TPSA) is 82.0 Å². The van der Waals surface area contributed by atoms with E-state index in [1.54, 1.807) is 0 Å². The quantitative estimate of drug-likeness (QED) is 0.738. The van der Waals surface area contributed by atoms with Gasteiger partial charge < -0.3 is 25.2 Å². The largest absolute Gasteiger partial charge is 0.489 e. The molecule has 0 aliphatic carbocycles. The number of hydrogen-bond donors (Lipinski definition) is 3. The summed E-state index contributed by atoms with van der Waals surface area (Å²) in [6.45, 7) is 1.11.